The second-order valence-corrected chi connectivity index (χ2v) is 6.45. The first-order chi connectivity index (χ1) is 14.5. The maximum Gasteiger partial charge on any atom is 0.343 e. The predicted octanol–water partition coefficient (Wildman–Crippen LogP) is 3.49. The maximum atomic E-state index is 12.9. The van der Waals surface area contributed by atoms with Crippen LogP contribution < -0.4 is 9.64 Å². The summed E-state index contributed by atoms with van der Waals surface area (Å²) in [5.74, 6) is -1.85. The molecule has 7 heteroatoms. The van der Waals surface area contributed by atoms with E-state index in [0.717, 1.165) is 4.90 Å². The van der Waals surface area contributed by atoms with Crippen molar-refractivity contribution in [2.45, 2.75) is 0 Å². The molecule has 1 aliphatic rings. The highest BCUT2D eigenvalue weighted by molar-refractivity contribution is 6.34. The number of carbonyl (C=O) groups excluding carboxylic acids is 4. The van der Waals surface area contributed by atoms with Gasteiger partial charge in [-0.05, 0) is 54.6 Å². The summed E-state index contributed by atoms with van der Waals surface area (Å²) in [4.78, 5) is 50.6. The Kier molecular flexibility index (Phi) is 4.85. The van der Waals surface area contributed by atoms with Gasteiger partial charge in [0.2, 0.25) is 0 Å². The van der Waals surface area contributed by atoms with E-state index in [1.165, 1.54) is 49.6 Å². The molecule has 30 heavy (non-hydrogen) atoms. The van der Waals surface area contributed by atoms with Gasteiger partial charge >= 0.3 is 11.9 Å². The molecule has 1 heterocycles. The van der Waals surface area contributed by atoms with Crippen LogP contribution in [0.2, 0.25) is 0 Å². The van der Waals surface area contributed by atoms with Gasteiger partial charge in [-0.2, -0.15) is 0 Å². The first-order valence-corrected chi connectivity index (χ1v) is 8.98. The van der Waals surface area contributed by atoms with Crippen molar-refractivity contribution in [3.05, 3.63) is 95.1 Å². The van der Waals surface area contributed by atoms with Gasteiger partial charge in [-0.25, -0.2) is 14.5 Å². The zero-order valence-electron chi connectivity index (χ0n) is 15.8. The number of ether oxygens (including phenoxy) is 2. The number of methoxy groups -OCH3 is 1. The van der Waals surface area contributed by atoms with E-state index in [2.05, 4.69) is 4.74 Å². The Balaban J connectivity index is 1.60. The van der Waals surface area contributed by atoms with E-state index in [0.29, 0.717) is 17.0 Å². The number of carbonyl (C=O) groups is 4. The normalized spacial score (nSPS) is 12.5. The predicted molar refractivity (Wildman–Crippen MR) is 107 cm³/mol. The van der Waals surface area contributed by atoms with E-state index in [4.69, 9.17) is 4.74 Å². The van der Waals surface area contributed by atoms with Gasteiger partial charge in [0.1, 0.15) is 5.75 Å². The molecule has 3 aromatic rings. The van der Waals surface area contributed by atoms with Crippen molar-refractivity contribution in [1.82, 2.24) is 0 Å². The van der Waals surface area contributed by atoms with E-state index in [1.807, 2.05) is 0 Å². The number of para-hydroxylation sites is 1. The minimum atomic E-state index is -0.634. The molecule has 0 unspecified atom stereocenters. The molecule has 0 bridgehead atoms. The number of amides is 2. The van der Waals surface area contributed by atoms with Gasteiger partial charge in [-0.15, -0.1) is 0 Å². The van der Waals surface area contributed by atoms with Gasteiger partial charge < -0.3 is 9.47 Å². The summed E-state index contributed by atoms with van der Waals surface area (Å²) < 4.78 is 9.93. The number of fused-ring (bicyclic) bond motifs is 1. The van der Waals surface area contributed by atoms with Crippen LogP contribution >= 0.6 is 0 Å². The highest BCUT2D eigenvalue weighted by atomic mass is 16.5. The summed E-state index contributed by atoms with van der Waals surface area (Å²) in [5, 5.41) is 0. The SMILES string of the molecule is COC(=O)c1ccc(N2C(=O)c3ccc(C(=O)Oc4ccccc4)cc3C2=O)cc1. The minimum absolute atomic E-state index is 0.111. The lowest BCUT2D eigenvalue weighted by molar-refractivity contribution is 0.0600. The van der Waals surface area contributed by atoms with Gasteiger partial charge in [0.15, 0.2) is 0 Å². The largest absolute Gasteiger partial charge is 0.465 e. The lowest BCUT2D eigenvalue weighted by atomic mass is 10.1. The van der Waals surface area contributed by atoms with Crippen molar-refractivity contribution in [1.29, 1.82) is 0 Å². The number of imide groups is 1. The first kappa shape index (κ1) is 19.1. The third-order valence-electron chi connectivity index (χ3n) is 4.62. The molecule has 3 aromatic carbocycles. The molecule has 0 fully saturated rings. The Morgan fingerprint density at radius 3 is 2.03 bits per heavy atom. The van der Waals surface area contributed by atoms with Gasteiger partial charge in [0.25, 0.3) is 11.8 Å². The number of rotatable bonds is 4. The van der Waals surface area contributed by atoms with Gasteiger partial charge in [0.05, 0.1) is 35.1 Å². The number of hydrogen-bond acceptors (Lipinski definition) is 6. The maximum absolute atomic E-state index is 12.9. The monoisotopic (exact) mass is 401 g/mol. The highest BCUT2D eigenvalue weighted by Crippen LogP contribution is 2.29. The van der Waals surface area contributed by atoms with Crippen LogP contribution in [0.4, 0.5) is 5.69 Å². The van der Waals surface area contributed by atoms with Crippen molar-refractivity contribution in [2.24, 2.45) is 0 Å². The molecular formula is C23H15NO6. The van der Waals surface area contributed by atoms with Crippen molar-refractivity contribution in [3.63, 3.8) is 0 Å². The Labute approximate surface area is 171 Å². The molecule has 0 atom stereocenters. The zero-order chi connectivity index (χ0) is 21.3. The van der Waals surface area contributed by atoms with Crippen LogP contribution in [0.15, 0.2) is 72.8 Å². The smallest absolute Gasteiger partial charge is 0.343 e. The molecular weight excluding hydrogens is 386 g/mol. The van der Waals surface area contributed by atoms with Gasteiger partial charge in [0, 0.05) is 0 Å². The quantitative estimate of drug-likeness (QED) is 0.378. The summed E-state index contributed by atoms with van der Waals surface area (Å²) in [6.45, 7) is 0. The molecule has 2 amide bonds. The van der Waals surface area contributed by atoms with E-state index in [-0.39, 0.29) is 16.7 Å². The Morgan fingerprint density at radius 1 is 0.733 bits per heavy atom. The number of benzene rings is 3. The zero-order valence-corrected chi connectivity index (χ0v) is 15.8. The molecule has 7 nitrogen and oxygen atoms in total. The molecule has 0 N–H and O–H groups in total. The van der Waals surface area contributed by atoms with Crippen LogP contribution in [0.3, 0.4) is 0 Å². The topological polar surface area (TPSA) is 90.0 Å². The summed E-state index contributed by atoms with van der Waals surface area (Å²) in [6.07, 6.45) is 0. The molecule has 0 saturated heterocycles. The van der Waals surface area contributed by atoms with Crippen LogP contribution in [0.5, 0.6) is 5.75 Å². The third kappa shape index (κ3) is 3.33. The minimum Gasteiger partial charge on any atom is -0.465 e. The van der Waals surface area contributed by atoms with E-state index in [9.17, 15) is 19.2 Å². The Hall–Kier alpha value is -4.26. The lowest BCUT2D eigenvalue weighted by Crippen LogP contribution is -2.29. The number of hydrogen-bond donors (Lipinski definition) is 0. The molecule has 1 aliphatic heterocycles. The summed E-state index contributed by atoms with van der Waals surface area (Å²) in [7, 11) is 1.26. The fourth-order valence-corrected chi connectivity index (χ4v) is 3.12. The van der Waals surface area contributed by atoms with Crippen molar-refractivity contribution in [3.8, 4) is 5.75 Å². The molecule has 0 radical (unpaired) electrons. The molecule has 0 spiro atoms. The second-order valence-electron chi connectivity index (χ2n) is 6.45. The molecule has 0 aromatic heterocycles. The van der Waals surface area contributed by atoms with Crippen LogP contribution in [0.1, 0.15) is 41.4 Å². The molecule has 148 valence electrons. The van der Waals surface area contributed by atoms with Crippen LogP contribution in [-0.2, 0) is 4.74 Å². The highest BCUT2D eigenvalue weighted by Gasteiger charge is 2.37. The average Bonchev–Trinajstić information content (AvgIpc) is 3.03. The van der Waals surface area contributed by atoms with Gasteiger partial charge in [-0.3, -0.25) is 9.59 Å². The number of nitrogens with zero attached hydrogens (tertiary/aromatic N) is 1. The molecule has 0 saturated carbocycles. The molecule has 4 rings (SSSR count). The average molecular weight is 401 g/mol. The standard InChI is InChI=1S/C23H15NO6/c1-29-22(27)14-7-10-16(11-8-14)24-20(25)18-12-9-15(13-19(18)21(24)26)23(28)30-17-5-3-2-4-6-17/h2-13H,1H3. The number of anilines is 1. The number of esters is 2. The van der Waals surface area contributed by atoms with Crippen LogP contribution in [0.25, 0.3) is 0 Å². The van der Waals surface area contributed by atoms with Crippen molar-refractivity contribution in [2.75, 3.05) is 12.0 Å². The first-order valence-electron chi connectivity index (χ1n) is 8.98. The van der Waals surface area contributed by atoms with Crippen molar-refractivity contribution >= 4 is 29.4 Å². The van der Waals surface area contributed by atoms with Crippen molar-refractivity contribution < 1.29 is 28.7 Å². The van der Waals surface area contributed by atoms with Crippen LogP contribution in [-0.4, -0.2) is 30.9 Å². The van der Waals surface area contributed by atoms with Crippen LogP contribution in [0, 0.1) is 0 Å². The fourth-order valence-electron chi connectivity index (χ4n) is 3.12. The Morgan fingerprint density at radius 2 is 1.37 bits per heavy atom. The van der Waals surface area contributed by atoms with E-state index < -0.39 is 23.8 Å². The summed E-state index contributed by atoms with van der Waals surface area (Å²) in [6, 6.07) is 18.7. The Bertz CT molecular complexity index is 1170. The third-order valence-corrected chi connectivity index (χ3v) is 4.62. The summed E-state index contributed by atoms with van der Waals surface area (Å²) in [5.41, 5.74) is 1.06. The molecule has 0 aliphatic carbocycles. The van der Waals surface area contributed by atoms with E-state index in [1.54, 1.807) is 30.3 Å². The van der Waals surface area contributed by atoms with Gasteiger partial charge in [-0.1, -0.05) is 18.2 Å². The second kappa shape index (κ2) is 7.63. The lowest BCUT2D eigenvalue weighted by Gasteiger charge is -2.14. The fraction of sp³-hybridized carbons (Fsp3) is 0.0435. The summed E-state index contributed by atoms with van der Waals surface area (Å²) >= 11 is 0. The van der Waals surface area contributed by atoms with E-state index >= 15 is 0 Å².